The summed E-state index contributed by atoms with van der Waals surface area (Å²) in [5, 5.41) is 3.57. The number of rotatable bonds is 5. The second-order valence-electron chi connectivity index (χ2n) is 5.82. The zero-order valence-corrected chi connectivity index (χ0v) is 12.1. The lowest BCUT2D eigenvalue weighted by atomic mass is 10.0. The summed E-state index contributed by atoms with van der Waals surface area (Å²) < 4.78 is 24.3. The number of benzene rings is 1. The summed E-state index contributed by atoms with van der Waals surface area (Å²) in [6.07, 6.45) is 4.94. The highest BCUT2D eigenvalue weighted by atomic mass is 32.2. The van der Waals surface area contributed by atoms with Crippen LogP contribution in [0.3, 0.4) is 0 Å². The Bertz CT molecular complexity index is 563. The second kappa shape index (κ2) is 4.91. The van der Waals surface area contributed by atoms with E-state index in [0.717, 1.165) is 17.9 Å². The van der Waals surface area contributed by atoms with Crippen molar-refractivity contribution >= 4 is 9.84 Å². The summed E-state index contributed by atoms with van der Waals surface area (Å²) >= 11 is 0. The molecule has 104 valence electrons. The molecule has 4 heteroatoms. The zero-order chi connectivity index (χ0) is 13.5. The molecule has 3 rings (SSSR count). The van der Waals surface area contributed by atoms with Gasteiger partial charge in [0, 0.05) is 12.1 Å². The molecule has 0 saturated heterocycles. The summed E-state index contributed by atoms with van der Waals surface area (Å²) in [5.41, 5.74) is 0.955. The van der Waals surface area contributed by atoms with E-state index in [1.807, 2.05) is 12.1 Å². The Hall–Kier alpha value is -0.870. The number of sulfone groups is 1. The molecule has 3 nitrogen and oxygen atoms in total. The van der Waals surface area contributed by atoms with Crippen molar-refractivity contribution in [1.29, 1.82) is 0 Å². The Morgan fingerprint density at radius 1 is 1.32 bits per heavy atom. The van der Waals surface area contributed by atoms with Gasteiger partial charge < -0.3 is 5.32 Å². The average Bonchev–Trinajstić information content (AvgIpc) is 3.16. The van der Waals surface area contributed by atoms with Crippen LogP contribution in [0, 0.1) is 5.92 Å². The lowest BCUT2D eigenvalue weighted by Gasteiger charge is -2.21. The first kappa shape index (κ1) is 13.1. The van der Waals surface area contributed by atoms with Gasteiger partial charge in [0.05, 0.1) is 10.6 Å². The Balaban J connectivity index is 1.78. The van der Waals surface area contributed by atoms with Gasteiger partial charge in [0.2, 0.25) is 0 Å². The van der Waals surface area contributed by atoms with E-state index < -0.39 is 9.84 Å². The third kappa shape index (κ3) is 2.70. The zero-order valence-electron chi connectivity index (χ0n) is 11.3. The predicted molar refractivity (Wildman–Crippen MR) is 75.8 cm³/mol. The maximum Gasteiger partial charge on any atom is 0.180 e. The third-order valence-electron chi connectivity index (χ3n) is 4.26. The molecule has 1 N–H and O–H groups in total. The van der Waals surface area contributed by atoms with E-state index in [0.29, 0.717) is 10.9 Å². The Morgan fingerprint density at radius 3 is 2.74 bits per heavy atom. The second-order valence-corrected chi connectivity index (χ2v) is 7.83. The van der Waals surface area contributed by atoms with Crippen LogP contribution in [0.25, 0.3) is 0 Å². The first-order chi connectivity index (χ1) is 9.10. The molecule has 0 bridgehead atoms. The molecule has 0 radical (unpaired) electrons. The number of hydrogen-bond donors (Lipinski definition) is 1. The highest BCUT2D eigenvalue weighted by molar-refractivity contribution is 7.91. The fourth-order valence-electron chi connectivity index (χ4n) is 2.98. The first-order valence-corrected chi connectivity index (χ1v) is 8.83. The summed E-state index contributed by atoms with van der Waals surface area (Å²) in [6.45, 7) is 2.18. The quantitative estimate of drug-likeness (QED) is 0.901. The molecule has 1 aliphatic heterocycles. The van der Waals surface area contributed by atoms with Crippen molar-refractivity contribution in [2.45, 2.75) is 49.6 Å². The van der Waals surface area contributed by atoms with E-state index in [1.165, 1.54) is 19.3 Å². The van der Waals surface area contributed by atoms with Crippen LogP contribution in [0.5, 0.6) is 0 Å². The maximum atomic E-state index is 12.1. The molecule has 2 atom stereocenters. The molecule has 1 fully saturated rings. The molecule has 1 aliphatic carbocycles. The molecule has 2 aliphatic rings. The van der Waals surface area contributed by atoms with Gasteiger partial charge in [-0.05, 0) is 30.4 Å². The van der Waals surface area contributed by atoms with Gasteiger partial charge in [0.25, 0.3) is 0 Å². The lowest BCUT2D eigenvalue weighted by molar-refractivity contribution is 0.406. The third-order valence-corrected chi connectivity index (χ3v) is 6.07. The lowest BCUT2D eigenvalue weighted by Crippen LogP contribution is -2.33. The first-order valence-electron chi connectivity index (χ1n) is 7.18. The van der Waals surface area contributed by atoms with E-state index in [9.17, 15) is 8.42 Å². The van der Waals surface area contributed by atoms with Crippen molar-refractivity contribution in [1.82, 2.24) is 5.32 Å². The standard InChI is InChI=1S/C15H21NO2S/c1-2-12(9-11-7-8-11)16-14-10-19(17,18)15-6-4-3-5-13(14)15/h3-6,11-12,14,16H,2,7-10H2,1H3. The predicted octanol–water partition coefficient (Wildman–Crippen LogP) is 2.68. The van der Waals surface area contributed by atoms with Crippen LogP contribution in [-0.2, 0) is 9.84 Å². The molecular weight excluding hydrogens is 258 g/mol. The number of nitrogens with one attached hydrogen (secondary N) is 1. The minimum Gasteiger partial charge on any atom is -0.306 e. The molecular formula is C15H21NO2S. The summed E-state index contributed by atoms with van der Waals surface area (Å²) in [7, 11) is -3.08. The highest BCUT2D eigenvalue weighted by Crippen LogP contribution is 2.37. The van der Waals surface area contributed by atoms with E-state index in [1.54, 1.807) is 12.1 Å². The molecule has 1 aromatic rings. The van der Waals surface area contributed by atoms with Gasteiger partial charge in [0.15, 0.2) is 9.84 Å². The number of fused-ring (bicyclic) bond motifs is 1. The SMILES string of the molecule is CCC(CC1CC1)NC1CS(=O)(=O)c2ccccc21. The smallest absolute Gasteiger partial charge is 0.180 e. The van der Waals surface area contributed by atoms with Gasteiger partial charge in [0.1, 0.15) is 0 Å². The fourth-order valence-corrected chi connectivity index (χ4v) is 4.73. The molecule has 1 aromatic carbocycles. The van der Waals surface area contributed by atoms with E-state index in [-0.39, 0.29) is 11.8 Å². The van der Waals surface area contributed by atoms with Crippen LogP contribution in [0.1, 0.15) is 44.2 Å². The minimum atomic E-state index is -3.08. The van der Waals surface area contributed by atoms with Gasteiger partial charge in [-0.3, -0.25) is 0 Å². The minimum absolute atomic E-state index is 0.0232. The highest BCUT2D eigenvalue weighted by Gasteiger charge is 2.35. The molecule has 0 aromatic heterocycles. The number of hydrogen-bond acceptors (Lipinski definition) is 3. The van der Waals surface area contributed by atoms with E-state index in [2.05, 4.69) is 12.2 Å². The summed E-state index contributed by atoms with van der Waals surface area (Å²) in [4.78, 5) is 0.522. The largest absolute Gasteiger partial charge is 0.306 e. The van der Waals surface area contributed by atoms with Crippen molar-refractivity contribution in [3.63, 3.8) is 0 Å². The van der Waals surface area contributed by atoms with Crippen LogP contribution in [-0.4, -0.2) is 20.2 Å². The Kier molecular flexibility index (Phi) is 3.39. The van der Waals surface area contributed by atoms with Gasteiger partial charge in [-0.15, -0.1) is 0 Å². The van der Waals surface area contributed by atoms with E-state index in [4.69, 9.17) is 0 Å². The molecule has 0 spiro atoms. The van der Waals surface area contributed by atoms with Crippen molar-refractivity contribution in [2.75, 3.05) is 5.75 Å². The van der Waals surface area contributed by atoms with Crippen molar-refractivity contribution in [2.24, 2.45) is 5.92 Å². The monoisotopic (exact) mass is 279 g/mol. The maximum absolute atomic E-state index is 12.1. The molecule has 1 saturated carbocycles. The van der Waals surface area contributed by atoms with Crippen molar-refractivity contribution < 1.29 is 8.42 Å². The van der Waals surface area contributed by atoms with Crippen LogP contribution in [0.4, 0.5) is 0 Å². The Morgan fingerprint density at radius 2 is 2.05 bits per heavy atom. The van der Waals surface area contributed by atoms with Gasteiger partial charge in [-0.25, -0.2) is 8.42 Å². The van der Waals surface area contributed by atoms with Crippen LogP contribution in [0.15, 0.2) is 29.2 Å². The van der Waals surface area contributed by atoms with Gasteiger partial charge in [-0.2, -0.15) is 0 Å². The van der Waals surface area contributed by atoms with Crippen molar-refractivity contribution in [3.8, 4) is 0 Å². The fraction of sp³-hybridized carbons (Fsp3) is 0.600. The molecule has 19 heavy (non-hydrogen) atoms. The van der Waals surface area contributed by atoms with E-state index >= 15 is 0 Å². The Labute approximate surface area is 115 Å². The summed E-state index contributed by atoms with van der Waals surface area (Å²) in [6, 6.07) is 7.83. The topological polar surface area (TPSA) is 46.2 Å². The normalized spacial score (nSPS) is 26.1. The van der Waals surface area contributed by atoms with Crippen LogP contribution < -0.4 is 5.32 Å². The van der Waals surface area contributed by atoms with Crippen molar-refractivity contribution in [3.05, 3.63) is 29.8 Å². The molecule has 1 heterocycles. The van der Waals surface area contributed by atoms with Crippen LogP contribution in [0.2, 0.25) is 0 Å². The summed E-state index contributed by atoms with van der Waals surface area (Å²) in [5.74, 6) is 1.08. The molecule has 2 unspecified atom stereocenters. The van der Waals surface area contributed by atoms with Gasteiger partial charge in [-0.1, -0.05) is 38.0 Å². The van der Waals surface area contributed by atoms with Gasteiger partial charge >= 0.3 is 0 Å². The van der Waals surface area contributed by atoms with Crippen LogP contribution >= 0.6 is 0 Å². The average molecular weight is 279 g/mol. The molecule has 0 amide bonds.